The molecule has 0 fully saturated rings. The zero-order chi connectivity index (χ0) is 18.4. The first-order chi connectivity index (χ1) is 12.5. The van der Waals surface area contributed by atoms with E-state index >= 15 is 0 Å². The maximum Gasteiger partial charge on any atom is 0.220 e. The van der Waals surface area contributed by atoms with Crippen LogP contribution in [0.25, 0.3) is 16.5 Å². The molecule has 1 aliphatic heterocycles. The minimum atomic E-state index is -1.00. The Kier molecular flexibility index (Phi) is 4.00. The van der Waals surface area contributed by atoms with Gasteiger partial charge in [-0.3, -0.25) is 0 Å². The standard InChI is InChI=1S/C22H22O4/c1-5-24-18-9-7-6-8-15(18)19-13(3)22(23)26-21-14(4)20-16(10-17(19)21)12(2)11-25-20/h6-11,22-23H,5H2,1-4H3. The first-order valence-corrected chi connectivity index (χ1v) is 8.82. The van der Waals surface area contributed by atoms with Crippen molar-refractivity contribution < 1.29 is 19.0 Å². The number of fused-ring (bicyclic) bond motifs is 2. The molecule has 0 radical (unpaired) electrons. The fourth-order valence-electron chi connectivity index (χ4n) is 3.62. The van der Waals surface area contributed by atoms with Gasteiger partial charge in [0.05, 0.1) is 12.9 Å². The van der Waals surface area contributed by atoms with Crippen LogP contribution in [0.15, 0.2) is 46.6 Å². The van der Waals surface area contributed by atoms with Crippen molar-refractivity contribution in [2.45, 2.75) is 34.0 Å². The summed E-state index contributed by atoms with van der Waals surface area (Å²) >= 11 is 0. The molecule has 3 aromatic rings. The van der Waals surface area contributed by atoms with E-state index in [1.54, 1.807) is 6.26 Å². The highest BCUT2D eigenvalue weighted by molar-refractivity contribution is 5.96. The van der Waals surface area contributed by atoms with Gasteiger partial charge in [0.15, 0.2) is 0 Å². The molecule has 4 heteroatoms. The maximum atomic E-state index is 10.5. The first kappa shape index (κ1) is 16.7. The molecule has 1 N–H and O–H groups in total. The first-order valence-electron chi connectivity index (χ1n) is 8.82. The monoisotopic (exact) mass is 350 g/mol. The molecule has 1 atom stereocenters. The van der Waals surface area contributed by atoms with Crippen molar-refractivity contribution in [1.82, 2.24) is 0 Å². The van der Waals surface area contributed by atoms with Gasteiger partial charge in [-0.15, -0.1) is 0 Å². The van der Waals surface area contributed by atoms with E-state index in [0.717, 1.165) is 50.1 Å². The predicted octanol–water partition coefficient (Wildman–Crippen LogP) is 4.98. The van der Waals surface area contributed by atoms with E-state index < -0.39 is 6.29 Å². The third-order valence-corrected chi connectivity index (χ3v) is 4.96. The minimum absolute atomic E-state index is 0.578. The Morgan fingerprint density at radius 1 is 1.12 bits per heavy atom. The second-order valence-corrected chi connectivity index (χ2v) is 6.63. The zero-order valence-electron chi connectivity index (χ0n) is 15.4. The van der Waals surface area contributed by atoms with E-state index in [4.69, 9.17) is 13.9 Å². The SMILES string of the molecule is CCOc1ccccc1C1=C(C)C(O)Oc2c1cc1c(C)coc1c2C. The lowest BCUT2D eigenvalue weighted by Crippen LogP contribution is -2.24. The summed E-state index contributed by atoms with van der Waals surface area (Å²) in [6.07, 6.45) is 0.753. The number of aliphatic hydroxyl groups is 1. The number of benzene rings is 2. The Bertz CT molecular complexity index is 1030. The quantitative estimate of drug-likeness (QED) is 0.724. The Balaban J connectivity index is 2.04. The number of para-hydroxylation sites is 1. The molecular weight excluding hydrogens is 328 g/mol. The molecule has 1 unspecified atom stereocenters. The summed E-state index contributed by atoms with van der Waals surface area (Å²) in [5.74, 6) is 1.46. The lowest BCUT2D eigenvalue weighted by Gasteiger charge is -2.29. The summed E-state index contributed by atoms with van der Waals surface area (Å²) < 4.78 is 17.4. The molecule has 2 heterocycles. The van der Waals surface area contributed by atoms with Crippen LogP contribution in [0.1, 0.15) is 36.1 Å². The topological polar surface area (TPSA) is 51.8 Å². The Hall–Kier alpha value is -2.72. The van der Waals surface area contributed by atoms with Gasteiger partial charge in [0.2, 0.25) is 6.29 Å². The lowest BCUT2D eigenvalue weighted by molar-refractivity contribution is 0.0119. The fraction of sp³-hybridized carbons (Fsp3) is 0.273. The summed E-state index contributed by atoms with van der Waals surface area (Å²) in [5, 5.41) is 11.6. The zero-order valence-corrected chi connectivity index (χ0v) is 15.4. The molecule has 0 amide bonds. The van der Waals surface area contributed by atoms with Crippen molar-refractivity contribution in [1.29, 1.82) is 0 Å². The van der Waals surface area contributed by atoms with Crippen LogP contribution in [-0.4, -0.2) is 18.0 Å². The van der Waals surface area contributed by atoms with Crippen LogP contribution in [-0.2, 0) is 0 Å². The van der Waals surface area contributed by atoms with Crippen molar-refractivity contribution >= 4 is 16.5 Å². The molecule has 0 saturated heterocycles. The third kappa shape index (κ3) is 2.41. The summed E-state index contributed by atoms with van der Waals surface area (Å²) in [7, 11) is 0. The molecule has 4 rings (SSSR count). The van der Waals surface area contributed by atoms with Crippen molar-refractivity contribution in [3.63, 3.8) is 0 Å². The minimum Gasteiger partial charge on any atom is -0.493 e. The molecule has 1 aromatic heterocycles. The number of aliphatic hydroxyl groups excluding tert-OH is 1. The molecule has 0 saturated carbocycles. The van der Waals surface area contributed by atoms with Gasteiger partial charge in [0, 0.05) is 33.2 Å². The second-order valence-electron chi connectivity index (χ2n) is 6.63. The van der Waals surface area contributed by atoms with Gasteiger partial charge < -0.3 is 19.0 Å². The van der Waals surface area contributed by atoms with Crippen LogP contribution >= 0.6 is 0 Å². The van der Waals surface area contributed by atoms with Gasteiger partial charge in [-0.05, 0) is 45.4 Å². The van der Waals surface area contributed by atoms with Crippen LogP contribution in [0.4, 0.5) is 0 Å². The highest BCUT2D eigenvalue weighted by Gasteiger charge is 2.30. The van der Waals surface area contributed by atoms with Gasteiger partial charge in [0.1, 0.15) is 17.1 Å². The number of hydrogen-bond acceptors (Lipinski definition) is 4. The molecule has 2 aromatic carbocycles. The van der Waals surface area contributed by atoms with Crippen LogP contribution in [0.3, 0.4) is 0 Å². The number of aryl methyl sites for hydroxylation is 2. The van der Waals surface area contributed by atoms with Crippen molar-refractivity contribution in [3.05, 3.63) is 64.4 Å². The van der Waals surface area contributed by atoms with E-state index in [-0.39, 0.29) is 0 Å². The van der Waals surface area contributed by atoms with E-state index in [1.807, 2.05) is 52.0 Å². The van der Waals surface area contributed by atoms with Gasteiger partial charge in [-0.25, -0.2) is 0 Å². The molecule has 26 heavy (non-hydrogen) atoms. The van der Waals surface area contributed by atoms with Gasteiger partial charge in [-0.1, -0.05) is 18.2 Å². The normalized spacial score (nSPS) is 16.6. The Labute approximate surface area is 152 Å². The second kappa shape index (κ2) is 6.22. The maximum absolute atomic E-state index is 10.5. The van der Waals surface area contributed by atoms with Crippen molar-refractivity contribution in [3.8, 4) is 11.5 Å². The molecule has 0 aliphatic carbocycles. The molecule has 1 aliphatic rings. The molecule has 134 valence electrons. The average molecular weight is 350 g/mol. The highest BCUT2D eigenvalue weighted by Crippen LogP contribution is 2.46. The lowest BCUT2D eigenvalue weighted by atomic mass is 9.88. The van der Waals surface area contributed by atoms with E-state index in [1.165, 1.54) is 0 Å². The smallest absolute Gasteiger partial charge is 0.220 e. The molecule has 0 bridgehead atoms. The van der Waals surface area contributed by atoms with Crippen LogP contribution in [0.2, 0.25) is 0 Å². The van der Waals surface area contributed by atoms with Crippen LogP contribution in [0, 0.1) is 13.8 Å². The van der Waals surface area contributed by atoms with Gasteiger partial charge in [-0.2, -0.15) is 0 Å². The number of furan rings is 1. The predicted molar refractivity (Wildman–Crippen MR) is 102 cm³/mol. The van der Waals surface area contributed by atoms with Gasteiger partial charge >= 0.3 is 0 Å². The number of rotatable bonds is 3. The van der Waals surface area contributed by atoms with Crippen LogP contribution < -0.4 is 9.47 Å². The van der Waals surface area contributed by atoms with Crippen molar-refractivity contribution in [2.24, 2.45) is 0 Å². The average Bonchev–Trinajstić information content (AvgIpc) is 3.00. The van der Waals surface area contributed by atoms with E-state index in [0.29, 0.717) is 12.4 Å². The summed E-state index contributed by atoms with van der Waals surface area (Å²) in [5.41, 5.74) is 6.39. The van der Waals surface area contributed by atoms with Gasteiger partial charge in [0.25, 0.3) is 0 Å². The molecule has 0 spiro atoms. The number of hydrogen-bond donors (Lipinski definition) is 1. The summed E-state index contributed by atoms with van der Waals surface area (Å²) in [4.78, 5) is 0. The fourth-order valence-corrected chi connectivity index (χ4v) is 3.62. The van der Waals surface area contributed by atoms with E-state index in [2.05, 4.69) is 6.07 Å². The largest absolute Gasteiger partial charge is 0.493 e. The summed E-state index contributed by atoms with van der Waals surface area (Å²) in [6, 6.07) is 10.00. The van der Waals surface area contributed by atoms with E-state index in [9.17, 15) is 5.11 Å². The highest BCUT2D eigenvalue weighted by atomic mass is 16.6. The Morgan fingerprint density at radius 3 is 2.65 bits per heavy atom. The Morgan fingerprint density at radius 2 is 1.88 bits per heavy atom. The summed E-state index contributed by atoms with van der Waals surface area (Å²) in [6.45, 7) is 8.43. The third-order valence-electron chi connectivity index (χ3n) is 4.96. The van der Waals surface area contributed by atoms with Crippen LogP contribution in [0.5, 0.6) is 11.5 Å². The molecule has 4 nitrogen and oxygen atoms in total. The molecular formula is C22H22O4. The number of ether oxygens (including phenoxy) is 2. The van der Waals surface area contributed by atoms with Crippen molar-refractivity contribution in [2.75, 3.05) is 6.61 Å².